The van der Waals surface area contributed by atoms with Crippen LogP contribution in [0.2, 0.25) is 0 Å². The lowest BCUT2D eigenvalue weighted by molar-refractivity contribution is 0.340. The molecule has 0 aliphatic carbocycles. The van der Waals surface area contributed by atoms with Crippen LogP contribution in [0.4, 0.5) is 10.1 Å². The Labute approximate surface area is 195 Å². The number of halogens is 1. The lowest BCUT2D eigenvalue weighted by Gasteiger charge is -2.24. The minimum atomic E-state index is -0.293. The maximum atomic E-state index is 13.9. The third-order valence-corrected chi connectivity index (χ3v) is 6.89. The van der Waals surface area contributed by atoms with Crippen LogP contribution in [0.1, 0.15) is 45.6 Å². The van der Waals surface area contributed by atoms with Crippen LogP contribution in [0.25, 0.3) is 16.9 Å². The van der Waals surface area contributed by atoms with Crippen LogP contribution in [-0.2, 0) is 0 Å². The maximum absolute atomic E-state index is 13.9. The molecule has 1 unspecified atom stereocenters. The van der Waals surface area contributed by atoms with Gasteiger partial charge in [0.2, 0.25) is 0 Å². The van der Waals surface area contributed by atoms with Crippen molar-refractivity contribution in [1.82, 2.24) is 14.7 Å². The van der Waals surface area contributed by atoms with Gasteiger partial charge in [-0.1, -0.05) is 39.3 Å². The van der Waals surface area contributed by atoms with Crippen molar-refractivity contribution in [3.8, 4) is 11.3 Å². The zero-order valence-electron chi connectivity index (χ0n) is 20.1. The molecule has 2 aliphatic rings. The van der Waals surface area contributed by atoms with E-state index in [0.29, 0.717) is 34.4 Å². The van der Waals surface area contributed by atoms with Crippen molar-refractivity contribution in [2.24, 2.45) is 11.8 Å². The highest BCUT2D eigenvalue weighted by molar-refractivity contribution is 5.63. The number of benzene rings is 1. The van der Waals surface area contributed by atoms with Crippen molar-refractivity contribution >= 4 is 11.3 Å². The number of anilines is 1. The summed E-state index contributed by atoms with van der Waals surface area (Å²) in [6, 6.07) is 10.9. The van der Waals surface area contributed by atoms with Crippen molar-refractivity contribution in [2.45, 2.75) is 53.0 Å². The molecule has 6 heteroatoms. The molecule has 1 aromatic carbocycles. The zero-order chi connectivity index (χ0) is 23.5. The first kappa shape index (κ1) is 23.4. The summed E-state index contributed by atoms with van der Waals surface area (Å²) in [6.07, 6.45) is 5.68. The average Bonchev–Trinajstić information content (AvgIpc) is 3.25. The number of pyridine rings is 1. The van der Waals surface area contributed by atoms with E-state index in [1.807, 2.05) is 18.3 Å². The minimum absolute atomic E-state index is 0.155. The van der Waals surface area contributed by atoms with E-state index in [0.717, 1.165) is 31.2 Å². The number of hydrogen-bond acceptors (Lipinski definition) is 4. The molecule has 5 nitrogen and oxygen atoms in total. The van der Waals surface area contributed by atoms with Crippen LogP contribution in [0.15, 0.2) is 47.4 Å². The Balaban J connectivity index is 0.000000471. The lowest BCUT2D eigenvalue weighted by Crippen LogP contribution is -2.40. The summed E-state index contributed by atoms with van der Waals surface area (Å²) in [5.41, 5.74) is 3.14. The van der Waals surface area contributed by atoms with Crippen molar-refractivity contribution in [1.29, 1.82) is 0 Å². The van der Waals surface area contributed by atoms with Crippen molar-refractivity contribution < 1.29 is 4.39 Å². The molecule has 0 bridgehead atoms. The molecular weight excluding hydrogens is 415 g/mol. The molecule has 4 heterocycles. The quantitative estimate of drug-likeness (QED) is 0.607. The summed E-state index contributed by atoms with van der Waals surface area (Å²) < 4.78 is 15.5. The summed E-state index contributed by atoms with van der Waals surface area (Å²) in [7, 11) is 0. The predicted octanol–water partition coefficient (Wildman–Crippen LogP) is 5.05. The largest absolute Gasteiger partial charge is 0.368 e. The van der Waals surface area contributed by atoms with Gasteiger partial charge in [0.25, 0.3) is 5.56 Å². The predicted molar refractivity (Wildman–Crippen MR) is 133 cm³/mol. The van der Waals surface area contributed by atoms with Gasteiger partial charge >= 0.3 is 0 Å². The number of aromatic nitrogens is 2. The molecule has 0 saturated carbocycles. The molecule has 2 fully saturated rings. The highest BCUT2D eigenvalue weighted by Crippen LogP contribution is 2.29. The number of nitrogens with zero attached hydrogens (tertiary/aromatic N) is 3. The molecule has 0 amide bonds. The van der Waals surface area contributed by atoms with E-state index in [1.54, 1.807) is 23.5 Å². The van der Waals surface area contributed by atoms with Gasteiger partial charge < -0.3 is 10.2 Å². The molecular formula is C27H35FN4O. The SMILES string of the molecule is CCC(C)C.Cc1ccc(-c2cc(=O)n3cc(N4CC5NCCC[C@@H]5C4)ccc3n2)cc1F. The third-order valence-electron chi connectivity index (χ3n) is 6.89. The van der Waals surface area contributed by atoms with Crippen molar-refractivity contribution in [3.63, 3.8) is 0 Å². The number of aryl methyl sites for hydroxylation is 1. The summed E-state index contributed by atoms with van der Waals surface area (Å²) >= 11 is 0. The average molecular weight is 451 g/mol. The van der Waals surface area contributed by atoms with Gasteiger partial charge in [-0.05, 0) is 61.9 Å². The number of fused-ring (bicyclic) bond motifs is 2. The van der Waals surface area contributed by atoms with E-state index in [1.165, 1.54) is 31.4 Å². The van der Waals surface area contributed by atoms with E-state index in [9.17, 15) is 9.18 Å². The van der Waals surface area contributed by atoms with Crippen LogP contribution in [0, 0.1) is 24.6 Å². The van der Waals surface area contributed by atoms with E-state index in [2.05, 4.69) is 36.0 Å². The third kappa shape index (κ3) is 5.27. The van der Waals surface area contributed by atoms with Gasteiger partial charge in [0.1, 0.15) is 11.5 Å². The van der Waals surface area contributed by atoms with Gasteiger partial charge in [-0.3, -0.25) is 9.20 Å². The van der Waals surface area contributed by atoms with Gasteiger partial charge in [0.05, 0.1) is 11.4 Å². The molecule has 176 valence electrons. The number of nitrogens with one attached hydrogen (secondary N) is 1. The monoisotopic (exact) mass is 450 g/mol. The Bertz CT molecular complexity index is 1160. The topological polar surface area (TPSA) is 49.6 Å². The van der Waals surface area contributed by atoms with Crippen molar-refractivity contribution in [2.75, 3.05) is 24.5 Å². The Morgan fingerprint density at radius 3 is 2.67 bits per heavy atom. The van der Waals surface area contributed by atoms with Crippen LogP contribution in [-0.4, -0.2) is 35.1 Å². The van der Waals surface area contributed by atoms with Gasteiger partial charge in [-0.2, -0.15) is 0 Å². The van der Waals surface area contributed by atoms with Gasteiger partial charge in [-0.25, -0.2) is 9.37 Å². The van der Waals surface area contributed by atoms with Gasteiger partial charge in [0.15, 0.2) is 0 Å². The fourth-order valence-corrected chi connectivity index (χ4v) is 4.44. The smallest absolute Gasteiger partial charge is 0.258 e. The second-order valence-corrected chi connectivity index (χ2v) is 9.73. The number of rotatable bonds is 3. The Hall–Kier alpha value is -2.73. The molecule has 0 spiro atoms. The highest BCUT2D eigenvalue weighted by atomic mass is 19.1. The second-order valence-electron chi connectivity index (χ2n) is 9.73. The van der Waals surface area contributed by atoms with Crippen molar-refractivity contribution in [3.05, 3.63) is 64.3 Å². The fourth-order valence-electron chi connectivity index (χ4n) is 4.44. The van der Waals surface area contributed by atoms with E-state index in [4.69, 9.17) is 0 Å². The first-order chi connectivity index (χ1) is 15.9. The lowest BCUT2D eigenvalue weighted by atomic mass is 9.94. The van der Waals surface area contributed by atoms with E-state index in [-0.39, 0.29) is 11.4 Å². The standard InChI is InChI=1S/C22H23FN4O.C5H12/c1-14-4-5-15(9-18(14)23)19-10-22(28)27-12-17(6-7-21(27)25-19)26-11-16-3-2-8-24-20(16)13-26;1-4-5(2)3/h4-7,9-10,12,16,20,24H,2-3,8,11,13H2,1H3;5H,4H2,1-3H3/t16-,20?;/m1./s1. The van der Waals surface area contributed by atoms with Crippen LogP contribution < -0.4 is 15.8 Å². The normalized spacial score (nSPS) is 20.0. The van der Waals surface area contributed by atoms with Crippen LogP contribution >= 0.6 is 0 Å². The summed E-state index contributed by atoms with van der Waals surface area (Å²) in [5, 5.41) is 3.61. The Morgan fingerprint density at radius 2 is 1.97 bits per heavy atom. The molecule has 2 aromatic heterocycles. The molecule has 2 atom stereocenters. The van der Waals surface area contributed by atoms with Gasteiger partial charge in [-0.15, -0.1) is 0 Å². The molecule has 1 N–H and O–H groups in total. The highest BCUT2D eigenvalue weighted by Gasteiger charge is 2.34. The first-order valence-electron chi connectivity index (χ1n) is 12.1. The fraction of sp³-hybridized carbons (Fsp3) is 0.481. The molecule has 2 aliphatic heterocycles. The molecule has 33 heavy (non-hydrogen) atoms. The summed E-state index contributed by atoms with van der Waals surface area (Å²) in [5.74, 6) is 1.27. The minimum Gasteiger partial charge on any atom is -0.368 e. The summed E-state index contributed by atoms with van der Waals surface area (Å²) in [4.78, 5) is 19.7. The molecule has 5 rings (SSSR count). The maximum Gasteiger partial charge on any atom is 0.258 e. The Morgan fingerprint density at radius 1 is 1.18 bits per heavy atom. The number of piperidine rings is 1. The van der Waals surface area contributed by atoms with E-state index < -0.39 is 0 Å². The second kappa shape index (κ2) is 10.0. The molecule has 0 radical (unpaired) electrons. The first-order valence-corrected chi connectivity index (χ1v) is 12.1. The number of hydrogen-bond donors (Lipinski definition) is 1. The molecule has 2 saturated heterocycles. The van der Waals surface area contributed by atoms with Crippen LogP contribution in [0.3, 0.4) is 0 Å². The zero-order valence-corrected chi connectivity index (χ0v) is 20.1. The Kier molecular flexibility index (Phi) is 7.13. The molecule has 3 aromatic rings. The van der Waals surface area contributed by atoms with Crippen LogP contribution in [0.5, 0.6) is 0 Å². The summed E-state index contributed by atoms with van der Waals surface area (Å²) in [6.45, 7) is 11.4. The van der Waals surface area contributed by atoms with Gasteiger partial charge in [0, 0.05) is 37.0 Å². The van der Waals surface area contributed by atoms with E-state index >= 15 is 0 Å².